The van der Waals surface area contributed by atoms with E-state index in [1.54, 1.807) is 0 Å². The van der Waals surface area contributed by atoms with E-state index in [1.807, 2.05) is 43.3 Å². The molecule has 0 atom stereocenters. The van der Waals surface area contributed by atoms with Crippen molar-refractivity contribution in [3.05, 3.63) is 48.0 Å². The molecule has 0 fully saturated rings. The molecule has 2 aromatic heterocycles. The van der Waals surface area contributed by atoms with Crippen LogP contribution < -0.4 is 5.73 Å². The minimum atomic E-state index is 0.281. The Morgan fingerprint density at radius 2 is 1.94 bits per heavy atom. The van der Waals surface area contributed by atoms with Gasteiger partial charge in [0.05, 0.1) is 6.54 Å². The summed E-state index contributed by atoms with van der Waals surface area (Å²) in [6.45, 7) is 2.22. The van der Waals surface area contributed by atoms with Crippen LogP contribution in [-0.2, 0) is 6.54 Å². The molecule has 0 spiro atoms. The molecule has 0 aliphatic heterocycles. The van der Waals surface area contributed by atoms with Crippen LogP contribution in [0.1, 0.15) is 11.6 Å². The van der Waals surface area contributed by atoms with E-state index in [1.165, 1.54) is 0 Å². The molecule has 0 aliphatic rings. The lowest BCUT2D eigenvalue weighted by Crippen LogP contribution is -1.95. The van der Waals surface area contributed by atoms with E-state index >= 15 is 0 Å². The lowest BCUT2D eigenvalue weighted by atomic mass is 10.1. The number of aryl methyl sites for hydroxylation is 1. The summed E-state index contributed by atoms with van der Waals surface area (Å²) in [4.78, 5) is 8.74. The highest BCUT2D eigenvalue weighted by molar-refractivity contribution is 5.89. The largest absolute Gasteiger partial charge is 0.421 e. The SMILES string of the molecule is Cc1cc(-c2ccccc2)c2nc(CN)oc2n1. The molecule has 1 aromatic carbocycles. The van der Waals surface area contributed by atoms with Crippen molar-refractivity contribution in [2.45, 2.75) is 13.5 Å². The number of pyridine rings is 1. The van der Waals surface area contributed by atoms with Crippen molar-refractivity contribution in [3.63, 3.8) is 0 Å². The molecule has 0 bridgehead atoms. The van der Waals surface area contributed by atoms with Gasteiger partial charge in [-0.3, -0.25) is 0 Å². The molecule has 18 heavy (non-hydrogen) atoms. The van der Waals surface area contributed by atoms with Crippen molar-refractivity contribution in [1.82, 2.24) is 9.97 Å². The van der Waals surface area contributed by atoms with Gasteiger partial charge in [0.2, 0.25) is 11.6 Å². The van der Waals surface area contributed by atoms with E-state index in [4.69, 9.17) is 10.2 Å². The number of aromatic nitrogens is 2. The van der Waals surface area contributed by atoms with Crippen LogP contribution in [0.5, 0.6) is 0 Å². The summed E-state index contributed by atoms with van der Waals surface area (Å²) in [7, 11) is 0. The van der Waals surface area contributed by atoms with Gasteiger partial charge in [-0.2, -0.15) is 0 Å². The van der Waals surface area contributed by atoms with Gasteiger partial charge >= 0.3 is 0 Å². The van der Waals surface area contributed by atoms with Crippen LogP contribution in [0.25, 0.3) is 22.4 Å². The quantitative estimate of drug-likeness (QED) is 0.746. The van der Waals surface area contributed by atoms with Gasteiger partial charge < -0.3 is 10.2 Å². The fourth-order valence-corrected chi connectivity index (χ4v) is 2.00. The Bertz CT molecular complexity index is 689. The van der Waals surface area contributed by atoms with Gasteiger partial charge in [0, 0.05) is 11.3 Å². The zero-order valence-corrected chi connectivity index (χ0v) is 10.1. The molecule has 2 heterocycles. The first-order chi connectivity index (χ1) is 8.78. The van der Waals surface area contributed by atoms with Crippen molar-refractivity contribution >= 4 is 11.2 Å². The standard InChI is InChI=1S/C14H13N3O/c1-9-7-11(10-5-3-2-4-6-10)13-14(16-9)18-12(8-15)17-13/h2-7H,8,15H2,1H3. The van der Waals surface area contributed by atoms with Crippen molar-refractivity contribution < 1.29 is 4.42 Å². The second-order valence-electron chi connectivity index (χ2n) is 4.14. The maximum atomic E-state index is 5.56. The van der Waals surface area contributed by atoms with Crippen LogP contribution in [0.3, 0.4) is 0 Å². The predicted octanol–water partition coefficient (Wildman–Crippen LogP) is 2.66. The van der Waals surface area contributed by atoms with Crippen LogP contribution >= 0.6 is 0 Å². The molecule has 90 valence electrons. The third kappa shape index (κ3) is 1.76. The van der Waals surface area contributed by atoms with Gasteiger partial charge in [0.25, 0.3) is 0 Å². The molecule has 3 rings (SSSR count). The summed E-state index contributed by atoms with van der Waals surface area (Å²) in [5.74, 6) is 0.514. The lowest BCUT2D eigenvalue weighted by molar-refractivity contribution is 0.524. The van der Waals surface area contributed by atoms with Gasteiger partial charge in [0.1, 0.15) is 5.52 Å². The summed E-state index contributed by atoms with van der Waals surface area (Å²) < 4.78 is 5.51. The Kier molecular flexibility index (Phi) is 2.57. The molecule has 3 aromatic rings. The van der Waals surface area contributed by atoms with Gasteiger partial charge in [-0.1, -0.05) is 30.3 Å². The fourth-order valence-electron chi connectivity index (χ4n) is 2.00. The molecule has 4 heteroatoms. The van der Waals surface area contributed by atoms with E-state index < -0.39 is 0 Å². The zero-order chi connectivity index (χ0) is 12.5. The number of hydrogen-bond acceptors (Lipinski definition) is 4. The van der Waals surface area contributed by atoms with Crippen LogP contribution in [-0.4, -0.2) is 9.97 Å². The molecule has 2 N–H and O–H groups in total. The predicted molar refractivity (Wildman–Crippen MR) is 69.9 cm³/mol. The van der Waals surface area contributed by atoms with E-state index in [-0.39, 0.29) is 6.54 Å². The number of fused-ring (bicyclic) bond motifs is 1. The molecule has 0 unspecified atom stereocenters. The van der Waals surface area contributed by atoms with Crippen LogP contribution in [0.4, 0.5) is 0 Å². The smallest absolute Gasteiger partial charge is 0.247 e. The first kappa shape index (κ1) is 10.9. The summed E-state index contributed by atoms with van der Waals surface area (Å²) in [6, 6.07) is 12.1. The van der Waals surface area contributed by atoms with E-state index in [2.05, 4.69) is 9.97 Å². The summed E-state index contributed by atoms with van der Waals surface area (Å²) in [5, 5.41) is 0. The first-order valence-electron chi connectivity index (χ1n) is 5.80. The first-order valence-corrected chi connectivity index (χ1v) is 5.80. The maximum Gasteiger partial charge on any atom is 0.247 e. The van der Waals surface area contributed by atoms with E-state index in [0.717, 1.165) is 22.3 Å². The highest BCUT2D eigenvalue weighted by atomic mass is 16.4. The highest BCUT2D eigenvalue weighted by Gasteiger charge is 2.12. The average Bonchev–Trinajstić information content (AvgIpc) is 2.81. The van der Waals surface area contributed by atoms with Crippen LogP contribution in [0, 0.1) is 6.92 Å². The van der Waals surface area contributed by atoms with Crippen molar-refractivity contribution in [2.24, 2.45) is 5.73 Å². The van der Waals surface area contributed by atoms with Gasteiger partial charge in [0.15, 0.2) is 0 Å². The molecule has 0 saturated heterocycles. The summed E-state index contributed by atoms with van der Waals surface area (Å²) >= 11 is 0. The van der Waals surface area contributed by atoms with Gasteiger partial charge in [-0.15, -0.1) is 0 Å². The monoisotopic (exact) mass is 239 g/mol. The number of oxazole rings is 1. The highest BCUT2D eigenvalue weighted by Crippen LogP contribution is 2.28. The molecule has 0 amide bonds. The van der Waals surface area contributed by atoms with Gasteiger partial charge in [-0.25, -0.2) is 9.97 Å². The molecule has 0 aliphatic carbocycles. The minimum absolute atomic E-state index is 0.281. The second kappa shape index (κ2) is 4.23. The van der Waals surface area contributed by atoms with Crippen molar-refractivity contribution in [2.75, 3.05) is 0 Å². The summed E-state index contributed by atoms with van der Waals surface area (Å²) in [6.07, 6.45) is 0. The number of hydrogen-bond donors (Lipinski definition) is 1. The molecule has 0 radical (unpaired) electrons. The molecular formula is C14H13N3O. The number of nitrogens with zero attached hydrogens (tertiary/aromatic N) is 2. The van der Waals surface area contributed by atoms with Crippen molar-refractivity contribution in [1.29, 1.82) is 0 Å². The maximum absolute atomic E-state index is 5.56. The third-order valence-electron chi connectivity index (χ3n) is 2.80. The number of benzene rings is 1. The summed E-state index contributed by atoms with van der Waals surface area (Å²) in [5.41, 5.74) is 9.91. The van der Waals surface area contributed by atoms with Crippen LogP contribution in [0.2, 0.25) is 0 Å². The lowest BCUT2D eigenvalue weighted by Gasteiger charge is -2.02. The number of rotatable bonds is 2. The third-order valence-corrected chi connectivity index (χ3v) is 2.80. The molecule has 0 saturated carbocycles. The number of nitrogens with two attached hydrogens (primary N) is 1. The van der Waals surface area contributed by atoms with Gasteiger partial charge in [-0.05, 0) is 18.6 Å². The van der Waals surface area contributed by atoms with E-state index in [9.17, 15) is 0 Å². The Morgan fingerprint density at radius 1 is 1.17 bits per heavy atom. The average molecular weight is 239 g/mol. The Balaban J connectivity index is 2.30. The molecule has 4 nitrogen and oxygen atoms in total. The topological polar surface area (TPSA) is 64.9 Å². The minimum Gasteiger partial charge on any atom is -0.421 e. The Morgan fingerprint density at radius 3 is 2.67 bits per heavy atom. The Labute approximate surface area is 104 Å². The van der Waals surface area contributed by atoms with E-state index in [0.29, 0.717) is 11.6 Å². The Hall–Kier alpha value is -2.20. The van der Waals surface area contributed by atoms with Crippen molar-refractivity contribution in [3.8, 4) is 11.1 Å². The fraction of sp³-hybridized carbons (Fsp3) is 0.143. The van der Waals surface area contributed by atoms with Crippen LogP contribution in [0.15, 0.2) is 40.8 Å². The zero-order valence-electron chi connectivity index (χ0n) is 10.1. The normalized spacial score (nSPS) is 11.0. The second-order valence-corrected chi connectivity index (χ2v) is 4.14. The molecular weight excluding hydrogens is 226 g/mol.